The lowest BCUT2D eigenvalue weighted by atomic mass is 10.3. The Morgan fingerprint density at radius 1 is 1.30 bits per heavy atom. The fraction of sp³-hybridized carbons (Fsp3) is 0.438. The number of hydrogen-bond acceptors (Lipinski definition) is 5. The Morgan fingerprint density at radius 3 is 2.59 bits per heavy atom. The Bertz CT molecular complexity index is 769. The number of alkyl halides is 3. The average Bonchev–Trinajstić information content (AvgIpc) is 3.07. The molecule has 1 aliphatic rings. The molecule has 146 valence electrons. The van der Waals surface area contributed by atoms with Crippen molar-refractivity contribution in [1.82, 2.24) is 20.1 Å². The van der Waals surface area contributed by atoms with Gasteiger partial charge in [0.2, 0.25) is 5.88 Å². The molecule has 0 aliphatic carbocycles. The van der Waals surface area contributed by atoms with Crippen LogP contribution in [0.4, 0.5) is 29.5 Å². The summed E-state index contributed by atoms with van der Waals surface area (Å²) in [5.41, 5.74) is 1.35. The largest absolute Gasteiger partial charge is 0.468 e. The summed E-state index contributed by atoms with van der Waals surface area (Å²) in [4.78, 5) is 19.8. The van der Waals surface area contributed by atoms with E-state index in [2.05, 4.69) is 30.1 Å². The van der Waals surface area contributed by atoms with E-state index >= 15 is 0 Å². The molecule has 1 aliphatic heterocycles. The van der Waals surface area contributed by atoms with E-state index < -0.39 is 12.8 Å². The second kappa shape index (κ2) is 7.72. The predicted octanol–water partition coefficient (Wildman–Crippen LogP) is 2.41. The first-order valence-electron chi connectivity index (χ1n) is 8.29. The number of piperazine rings is 1. The summed E-state index contributed by atoms with van der Waals surface area (Å²) < 4.78 is 40.9. The van der Waals surface area contributed by atoms with Crippen molar-refractivity contribution in [3.63, 3.8) is 0 Å². The zero-order chi connectivity index (χ0) is 19.4. The highest BCUT2D eigenvalue weighted by Gasteiger charge is 2.28. The standard InChI is InChI=1S/C16H19F3N6O2/c1-11-8-13(23-22-11)24-4-6-25(7-5-24)15(26)21-12-2-3-14(20-9-12)27-10-16(17,18)19/h2-3,8-9H,4-7,10H2,1H3,(H,21,26)(H,22,23). The minimum absolute atomic E-state index is 0.159. The molecule has 3 heterocycles. The molecule has 0 aromatic carbocycles. The molecular formula is C16H19F3N6O2. The molecular weight excluding hydrogens is 365 g/mol. The van der Waals surface area contributed by atoms with Gasteiger partial charge in [0.05, 0.1) is 11.9 Å². The Kier molecular flexibility index (Phi) is 5.38. The maximum atomic E-state index is 12.3. The van der Waals surface area contributed by atoms with Gasteiger partial charge in [-0.3, -0.25) is 5.10 Å². The van der Waals surface area contributed by atoms with Crippen molar-refractivity contribution in [2.75, 3.05) is 43.0 Å². The molecule has 0 unspecified atom stereocenters. The van der Waals surface area contributed by atoms with Crippen LogP contribution in [0.1, 0.15) is 5.69 Å². The number of nitrogens with zero attached hydrogens (tertiary/aromatic N) is 4. The molecule has 0 radical (unpaired) electrons. The van der Waals surface area contributed by atoms with Crippen molar-refractivity contribution in [3.05, 3.63) is 30.1 Å². The van der Waals surface area contributed by atoms with Gasteiger partial charge >= 0.3 is 12.2 Å². The van der Waals surface area contributed by atoms with Crippen molar-refractivity contribution < 1.29 is 22.7 Å². The topological polar surface area (TPSA) is 86.4 Å². The summed E-state index contributed by atoms with van der Waals surface area (Å²) in [6.45, 7) is 2.87. The quantitative estimate of drug-likeness (QED) is 0.846. The van der Waals surface area contributed by atoms with E-state index in [1.165, 1.54) is 18.3 Å². The number of pyridine rings is 1. The number of nitrogens with one attached hydrogen (secondary N) is 2. The molecule has 3 rings (SSSR count). The highest BCUT2D eigenvalue weighted by atomic mass is 19.4. The van der Waals surface area contributed by atoms with Crippen LogP contribution in [0.15, 0.2) is 24.4 Å². The summed E-state index contributed by atoms with van der Waals surface area (Å²) in [6.07, 6.45) is -3.17. The van der Waals surface area contributed by atoms with E-state index in [9.17, 15) is 18.0 Å². The fourth-order valence-corrected chi connectivity index (χ4v) is 2.60. The number of hydrogen-bond donors (Lipinski definition) is 2. The number of carbonyl (C=O) groups is 1. The fourth-order valence-electron chi connectivity index (χ4n) is 2.60. The van der Waals surface area contributed by atoms with Gasteiger partial charge in [-0.25, -0.2) is 9.78 Å². The van der Waals surface area contributed by atoms with Crippen molar-refractivity contribution in [3.8, 4) is 5.88 Å². The van der Waals surface area contributed by atoms with E-state index in [4.69, 9.17) is 0 Å². The smallest absolute Gasteiger partial charge is 0.422 e. The number of ether oxygens (including phenoxy) is 1. The third kappa shape index (κ3) is 5.25. The van der Waals surface area contributed by atoms with Gasteiger partial charge in [-0.1, -0.05) is 0 Å². The van der Waals surface area contributed by atoms with Crippen molar-refractivity contribution in [1.29, 1.82) is 0 Å². The van der Waals surface area contributed by atoms with Crippen LogP contribution in [0.3, 0.4) is 0 Å². The zero-order valence-electron chi connectivity index (χ0n) is 14.6. The van der Waals surface area contributed by atoms with E-state index in [0.29, 0.717) is 31.9 Å². The number of amides is 2. The van der Waals surface area contributed by atoms with Gasteiger partial charge in [0.1, 0.15) is 0 Å². The maximum Gasteiger partial charge on any atom is 0.422 e. The molecule has 0 bridgehead atoms. The molecule has 0 atom stereocenters. The third-order valence-electron chi connectivity index (χ3n) is 3.95. The second-order valence-electron chi connectivity index (χ2n) is 6.10. The van der Waals surface area contributed by atoms with Gasteiger partial charge in [0, 0.05) is 44.0 Å². The lowest BCUT2D eigenvalue weighted by Gasteiger charge is -2.34. The number of rotatable bonds is 4. The number of carbonyl (C=O) groups excluding carboxylic acids is 1. The highest BCUT2D eigenvalue weighted by Crippen LogP contribution is 2.19. The van der Waals surface area contributed by atoms with E-state index in [-0.39, 0.29) is 11.9 Å². The van der Waals surface area contributed by atoms with E-state index in [1.54, 1.807) is 4.90 Å². The van der Waals surface area contributed by atoms with Gasteiger partial charge in [-0.05, 0) is 13.0 Å². The Balaban J connectivity index is 1.48. The minimum atomic E-state index is -4.43. The molecule has 0 spiro atoms. The maximum absolute atomic E-state index is 12.3. The van der Waals surface area contributed by atoms with Gasteiger partial charge in [0.25, 0.3) is 0 Å². The lowest BCUT2D eigenvalue weighted by Crippen LogP contribution is -2.50. The normalized spacial score (nSPS) is 15.0. The average molecular weight is 384 g/mol. The summed E-state index contributed by atoms with van der Waals surface area (Å²) >= 11 is 0. The lowest BCUT2D eigenvalue weighted by molar-refractivity contribution is -0.154. The van der Waals surface area contributed by atoms with Gasteiger partial charge in [-0.15, -0.1) is 0 Å². The first-order chi connectivity index (χ1) is 12.8. The third-order valence-corrected chi connectivity index (χ3v) is 3.95. The van der Waals surface area contributed by atoms with E-state index in [1.807, 2.05) is 13.0 Å². The van der Waals surface area contributed by atoms with Gasteiger partial charge in [0.15, 0.2) is 12.4 Å². The number of aromatic nitrogens is 3. The highest BCUT2D eigenvalue weighted by molar-refractivity contribution is 5.89. The predicted molar refractivity (Wildman–Crippen MR) is 91.9 cm³/mol. The molecule has 27 heavy (non-hydrogen) atoms. The number of aryl methyl sites for hydroxylation is 1. The molecule has 11 heteroatoms. The molecule has 2 amide bonds. The van der Waals surface area contributed by atoms with Gasteiger partial charge in [-0.2, -0.15) is 18.3 Å². The first-order valence-corrected chi connectivity index (χ1v) is 8.29. The Hall–Kier alpha value is -2.98. The van der Waals surface area contributed by atoms with Crippen LogP contribution in [-0.4, -0.2) is 65.1 Å². The van der Waals surface area contributed by atoms with Crippen LogP contribution in [-0.2, 0) is 0 Å². The monoisotopic (exact) mass is 384 g/mol. The number of urea groups is 1. The van der Waals surface area contributed by atoms with Crippen LogP contribution >= 0.6 is 0 Å². The van der Waals surface area contributed by atoms with Crippen LogP contribution in [0, 0.1) is 6.92 Å². The SMILES string of the molecule is Cc1cc(N2CCN(C(=O)Nc3ccc(OCC(F)(F)F)nc3)CC2)n[nH]1. The number of aromatic amines is 1. The molecule has 2 aromatic heterocycles. The molecule has 1 fully saturated rings. The number of H-pyrrole nitrogens is 1. The Morgan fingerprint density at radius 2 is 2.04 bits per heavy atom. The Labute approximate surface area is 153 Å². The number of halogens is 3. The van der Waals surface area contributed by atoms with E-state index in [0.717, 1.165) is 11.5 Å². The summed E-state index contributed by atoms with van der Waals surface area (Å²) in [7, 11) is 0. The van der Waals surface area contributed by atoms with Crippen LogP contribution in [0.25, 0.3) is 0 Å². The second-order valence-corrected chi connectivity index (χ2v) is 6.10. The summed E-state index contributed by atoms with van der Waals surface area (Å²) in [5.74, 6) is 0.694. The molecule has 8 nitrogen and oxygen atoms in total. The zero-order valence-corrected chi connectivity index (χ0v) is 14.6. The summed E-state index contributed by atoms with van der Waals surface area (Å²) in [6, 6.07) is 4.38. The van der Waals surface area contributed by atoms with Crippen molar-refractivity contribution >= 4 is 17.5 Å². The van der Waals surface area contributed by atoms with Crippen LogP contribution in [0.2, 0.25) is 0 Å². The summed E-state index contributed by atoms with van der Waals surface area (Å²) in [5, 5.41) is 9.77. The van der Waals surface area contributed by atoms with Crippen molar-refractivity contribution in [2.45, 2.75) is 13.1 Å². The molecule has 2 N–H and O–H groups in total. The van der Waals surface area contributed by atoms with Crippen LogP contribution < -0.4 is 15.0 Å². The molecule has 1 saturated heterocycles. The number of anilines is 2. The van der Waals surface area contributed by atoms with Crippen molar-refractivity contribution in [2.24, 2.45) is 0 Å². The van der Waals surface area contributed by atoms with Crippen LogP contribution in [0.5, 0.6) is 5.88 Å². The van der Waals surface area contributed by atoms with Gasteiger partial charge < -0.3 is 19.9 Å². The molecule has 2 aromatic rings. The minimum Gasteiger partial charge on any atom is -0.468 e. The molecule has 0 saturated carbocycles. The first kappa shape index (κ1) is 18.8.